The van der Waals surface area contributed by atoms with Crippen molar-refractivity contribution in [2.45, 2.75) is 44.7 Å². The number of carboxylic acid groups (broad SMARTS) is 1. The number of sulfonamides is 1. The minimum atomic E-state index is -5.56. The van der Waals surface area contributed by atoms with Gasteiger partial charge in [-0.15, -0.1) is 0 Å². The van der Waals surface area contributed by atoms with Crippen LogP contribution in [0.15, 0.2) is 0 Å². The van der Waals surface area contributed by atoms with Crippen LogP contribution in [0, 0.1) is 5.92 Å². The van der Waals surface area contributed by atoms with E-state index in [9.17, 15) is 49.1 Å². The number of nitrogens with zero attached hydrogens (tertiary/aromatic N) is 1. The Morgan fingerprint density at radius 1 is 1.12 bits per heavy atom. The number of halogens is 7. The van der Waals surface area contributed by atoms with E-state index in [0.29, 0.717) is 4.31 Å². The van der Waals surface area contributed by atoms with E-state index in [1.165, 1.54) is 6.92 Å². The van der Waals surface area contributed by atoms with Crippen molar-refractivity contribution in [1.82, 2.24) is 4.31 Å². The van der Waals surface area contributed by atoms with E-state index in [-0.39, 0.29) is 6.92 Å². The van der Waals surface area contributed by atoms with E-state index in [2.05, 4.69) is 0 Å². The van der Waals surface area contributed by atoms with Gasteiger partial charge in [0, 0.05) is 13.0 Å². The normalized spacial score (nSPS) is 17.4. The highest BCUT2D eigenvalue weighted by Gasteiger charge is 2.56. The molecule has 25 heavy (non-hydrogen) atoms. The van der Waals surface area contributed by atoms with Gasteiger partial charge >= 0.3 is 12.4 Å². The van der Waals surface area contributed by atoms with Crippen molar-refractivity contribution < 1.29 is 49.1 Å². The SMILES string of the molecule is CCN(CC(=O)[O-])S(=O)(=O)CCC(CC(C)(F)C(F)(F)F)C(F)(F)F. The van der Waals surface area contributed by atoms with Crippen LogP contribution >= 0.6 is 0 Å². The summed E-state index contributed by atoms with van der Waals surface area (Å²) in [6.07, 6.45) is -14.2. The summed E-state index contributed by atoms with van der Waals surface area (Å²) < 4.78 is 113. The molecule has 0 heterocycles. The summed E-state index contributed by atoms with van der Waals surface area (Å²) in [5.41, 5.74) is -4.16. The zero-order valence-electron chi connectivity index (χ0n) is 13.2. The third-order valence-electron chi connectivity index (χ3n) is 3.46. The maximum atomic E-state index is 13.5. The molecule has 2 unspecified atom stereocenters. The van der Waals surface area contributed by atoms with Crippen LogP contribution in [-0.4, -0.2) is 55.6 Å². The number of rotatable bonds is 9. The molecule has 2 atom stereocenters. The Morgan fingerprint density at radius 2 is 1.60 bits per heavy atom. The molecule has 0 spiro atoms. The van der Waals surface area contributed by atoms with Gasteiger partial charge in [-0.2, -0.15) is 30.6 Å². The number of carbonyl (C=O) groups excluding carboxylic acids is 1. The van der Waals surface area contributed by atoms with Crippen molar-refractivity contribution >= 4 is 16.0 Å². The molecule has 0 fully saturated rings. The van der Waals surface area contributed by atoms with Crippen LogP contribution in [0.4, 0.5) is 30.7 Å². The standard InChI is InChI=1S/C12H18F7NO4S/c1-3-20(7-9(21)22)25(23,24)5-4-8(11(14,15)16)6-10(2,13)12(17,18)19/h8H,3-7H2,1-2H3,(H,21,22)/p-1. The molecule has 0 aromatic heterocycles. The summed E-state index contributed by atoms with van der Waals surface area (Å²) in [5, 5.41) is 10.4. The largest absolute Gasteiger partial charge is 0.549 e. The van der Waals surface area contributed by atoms with Gasteiger partial charge in [0.2, 0.25) is 15.7 Å². The Labute approximate surface area is 139 Å². The maximum Gasteiger partial charge on any atom is 0.422 e. The third-order valence-corrected chi connectivity index (χ3v) is 5.39. The number of hydrogen-bond donors (Lipinski definition) is 0. The Bertz CT molecular complexity index is 557. The van der Waals surface area contributed by atoms with Crippen molar-refractivity contribution in [2.24, 2.45) is 5.92 Å². The summed E-state index contributed by atoms with van der Waals surface area (Å²) in [4.78, 5) is 10.4. The lowest BCUT2D eigenvalue weighted by Gasteiger charge is -2.30. The zero-order chi connectivity index (χ0) is 20.3. The summed E-state index contributed by atoms with van der Waals surface area (Å²) in [7, 11) is -4.51. The lowest BCUT2D eigenvalue weighted by Crippen LogP contribution is -2.44. The predicted molar refractivity (Wildman–Crippen MR) is 70.4 cm³/mol. The minimum absolute atomic E-state index is 0.0608. The fourth-order valence-corrected chi connectivity index (χ4v) is 3.47. The van der Waals surface area contributed by atoms with Gasteiger partial charge in [-0.05, 0) is 13.3 Å². The average molecular weight is 404 g/mol. The minimum Gasteiger partial charge on any atom is -0.549 e. The van der Waals surface area contributed by atoms with E-state index in [1.807, 2.05) is 0 Å². The molecule has 0 aliphatic carbocycles. The quantitative estimate of drug-likeness (QED) is 0.548. The molecule has 0 aromatic rings. The Kier molecular flexibility index (Phi) is 7.70. The number of alkyl halides is 7. The Balaban J connectivity index is 5.29. The summed E-state index contributed by atoms with van der Waals surface area (Å²) in [5.74, 6) is -5.96. The van der Waals surface area contributed by atoms with Gasteiger partial charge in [-0.1, -0.05) is 6.92 Å². The number of hydrogen-bond acceptors (Lipinski definition) is 4. The molecular formula is C12H17F7NO4S-. The van der Waals surface area contributed by atoms with E-state index in [1.54, 1.807) is 0 Å². The Hall–Kier alpha value is -1.11. The maximum absolute atomic E-state index is 13.5. The summed E-state index contributed by atoms with van der Waals surface area (Å²) in [6.45, 7) is -0.353. The Morgan fingerprint density at radius 3 is 1.92 bits per heavy atom. The van der Waals surface area contributed by atoms with Crippen molar-refractivity contribution in [3.63, 3.8) is 0 Å². The third kappa shape index (κ3) is 7.34. The molecule has 0 aromatic carbocycles. The number of likely N-dealkylation sites (N-methyl/N-ethyl adjacent to an activating group) is 1. The van der Waals surface area contributed by atoms with Crippen LogP contribution in [0.3, 0.4) is 0 Å². The zero-order valence-corrected chi connectivity index (χ0v) is 14.1. The molecule has 0 saturated carbocycles. The van der Waals surface area contributed by atoms with Gasteiger partial charge in [0.05, 0.1) is 24.2 Å². The van der Waals surface area contributed by atoms with Crippen LogP contribution in [0.2, 0.25) is 0 Å². The molecule has 5 nitrogen and oxygen atoms in total. The number of carboxylic acids is 1. The number of aliphatic carboxylic acids is 1. The monoisotopic (exact) mass is 404 g/mol. The molecule has 150 valence electrons. The molecule has 0 amide bonds. The van der Waals surface area contributed by atoms with Gasteiger partial charge in [0.1, 0.15) is 0 Å². The smallest absolute Gasteiger partial charge is 0.422 e. The first-order valence-corrected chi connectivity index (χ1v) is 8.55. The molecule has 0 N–H and O–H groups in total. The topological polar surface area (TPSA) is 77.5 Å². The average Bonchev–Trinajstić information content (AvgIpc) is 2.37. The second-order valence-corrected chi connectivity index (χ2v) is 7.63. The predicted octanol–water partition coefficient (Wildman–Crippen LogP) is 1.64. The molecule has 0 aliphatic heterocycles. The van der Waals surface area contributed by atoms with Crippen molar-refractivity contribution in [2.75, 3.05) is 18.8 Å². The fourth-order valence-electron chi connectivity index (χ4n) is 1.93. The summed E-state index contributed by atoms with van der Waals surface area (Å²) >= 11 is 0. The molecule has 0 radical (unpaired) electrons. The molecular weight excluding hydrogens is 387 g/mol. The number of carbonyl (C=O) groups is 1. The molecule has 0 bridgehead atoms. The lowest BCUT2D eigenvalue weighted by molar-refractivity contribution is -0.305. The van der Waals surface area contributed by atoms with Crippen LogP contribution in [0.25, 0.3) is 0 Å². The van der Waals surface area contributed by atoms with Gasteiger partial charge in [-0.3, -0.25) is 0 Å². The second-order valence-electron chi connectivity index (χ2n) is 5.54. The highest BCUT2D eigenvalue weighted by molar-refractivity contribution is 7.89. The second kappa shape index (κ2) is 8.06. The molecule has 0 aliphatic rings. The first-order valence-electron chi connectivity index (χ1n) is 6.94. The lowest BCUT2D eigenvalue weighted by atomic mass is 9.90. The van der Waals surface area contributed by atoms with Gasteiger partial charge in [0.25, 0.3) is 0 Å². The molecule has 0 rings (SSSR count). The van der Waals surface area contributed by atoms with Gasteiger partial charge in [-0.25, -0.2) is 12.8 Å². The molecule has 0 saturated heterocycles. The van der Waals surface area contributed by atoms with Gasteiger partial charge in [0.15, 0.2) is 0 Å². The van der Waals surface area contributed by atoms with E-state index in [0.717, 1.165) is 0 Å². The van der Waals surface area contributed by atoms with Crippen molar-refractivity contribution in [1.29, 1.82) is 0 Å². The summed E-state index contributed by atoms with van der Waals surface area (Å²) in [6, 6.07) is 0. The highest BCUT2D eigenvalue weighted by Crippen LogP contribution is 2.43. The fraction of sp³-hybridized carbons (Fsp3) is 0.917. The van der Waals surface area contributed by atoms with Crippen molar-refractivity contribution in [3.8, 4) is 0 Å². The first kappa shape index (κ1) is 23.9. The first-order chi connectivity index (χ1) is 10.9. The van der Waals surface area contributed by atoms with Crippen molar-refractivity contribution in [3.05, 3.63) is 0 Å². The van der Waals surface area contributed by atoms with Crippen LogP contribution in [0.1, 0.15) is 26.7 Å². The van der Waals surface area contributed by atoms with Crippen LogP contribution in [-0.2, 0) is 14.8 Å². The highest BCUT2D eigenvalue weighted by atomic mass is 32.2. The van der Waals surface area contributed by atoms with E-state index < -0.39 is 71.6 Å². The molecule has 13 heteroatoms. The van der Waals surface area contributed by atoms with Gasteiger partial charge < -0.3 is 9.90 Å². The van der Waals surface area contributed by atoms with Crippen LogP contribution in [0.5, 0.6) is 0 Å². The van der Waals surface area contributed by atoms with E-state index >= 15 is 0 Å². The van der Waals surface area contributed by atoms with E-state index in [4.69, 9.17) is 0 Å². The van der Waals surface area contributed by atoms with Crippen LogP contribution < -0.4 is 5.11 Å².